The van der Waals surface area contributed by atoms with E-state index in [-0.39, 0.29) is 29.8 Å². The lowest BCUT2D eigenvalue weighted by Crippen LogP contribution is -3.00. The van der Waals surface area contributed by atoms with Gasteiger partial charge < -0.3 is 32.5 Å². The number of fused-ring (bicyclic) bond motifs is 1. The van der Waals surface area contributed by atoms with Crippen molar-refractivity contribution < 1.29 is 30.2 Å². The summed E-state index contributed by atoms with van der Waals surface area (Å²) in [7, 11) is 6.30. The number of nitrogens with two attached hydrogens (primary N) is 1. The quantitative estimate of drug-likeness (QED) is 0.174. The van der Waals surface area contributed by atoms with Gasteiger partial charge in [-0.2, -0.15) is 0 Å². The number of halogens is 4. The van der Waals surface area contributed by atoms with Gasteiger partial charge in [0.25, 0.3) is 0 Å². The maximum absolute atomic E-state index is 15.3. The van der Waals surface area contributed by atoms with Crippen LogP contribution in [0.15, 0.2) is 70.5 Å². The third kappa shape index (κ3) is 7.09. The molecule has 2 heterocycles. The van der Waals surface area contributed by atoms with Crippen molar-refractivity contribution in [1.29, 1.82) is 0 Å². The number of benzene rings is 3. The molecular formula is C31H34Cl2F2N6OS. The first-order valence-corrected chi connectivity index (χ1v) is 14.8. The molecule has 7 nitrogen and oxygen atoms in total. The second-order valence-corrected chi connectivity index (χ2v) is 13.1. The smallest absolute Gasteiger partial charge is 0.174 e. The Morgan fingerprint density at radius 2 is 1.79 bits per heavy atom. The number of aromatic nitrogens is 3. The molecule has 0 atom stereocenters. The van der Waals surface area contributed by atoms with Gasteiger partial charge in [-0.05, 0) is 54.1 Å². The molecule has 3 N–H and O–H groups in total. The van der Waals surface area contributed by atoms with Crippen molar-refractivity contribution in [3.05, 3.63) is 94.3 Å². The molecule has 43 heavy (non-hydrogen) atoms. The number of quaternary nitrogens is 1. The average Bonchev–Trinajstić information content (AvgIpc) is 3.52. The fourth-order valence-corrected chi connectivity index (χ4v) is 6.11. The van der Waals surface area contributed by atoms with Crippen LogP contribution in [0.1, 0.15) is 30.7 Å². The molecule has 5 rings (SSSR count). The summed E-state index contributed by atoms with van der Waals surface area (Å²) >= 11 is 7.92. The van der Waals surface area contributed by atoms with Crippen LogP contribution in [0.4, 0.5) is 20.3 Å². The number of thioether (sulfide) groups is 1. The first kappa shape index (κ1) is 32.6. The van der Waals surface area contributed by atoms with Crippen LogP contribution in [0.5, 0.6) is 0 Å². The summed E-state index contributed by atoms with van der Waals surface area (Å²) in [6.07, 6.45) is 1.80. The molecule has 0 aliphatic rings. The number of imidazole rings is 1. The zero-order valence-electron chi connectivity index (χ0n) is 24.6. The number of nitrogens with one attached hydrogen (secondary N) is 1. The van der Waals surface area contributed by atoms with E-state index in [9.17, 15) is 4.39 Å². The Balaban J connectivity index is 0.00000423. The van der Waals surface area contributed by atoms with Crippen molar-refractivity contribution in [2.45, 2.75) is 30.2 Å². The second-order valence-electron chi connectivity index (χ2n) is 11.8. The van der Waals surface area contributed by atoms with E-state index in [0.29, 0.717) is 39.4 Å². The van der Waals surface area contributed by atoms with Crippen LogP contribution in [-0.4, -0.2) is 53.4 Å². The van der Waals surface area contributed by atoms with Crippen molar-refractivity contribution >= 4 is 45.8 Å². The molecule has 0 amide bonds. The molecule has 0 radical (unpaired) electrons. The number of likely N-dealkylation sites (N-methyl/N-ethyl adjacent to an activating group) is 1. The van der Waals surface area contributed by atoms with Crippen LogP contribution < -0.4 is 23.5 Å². The molecule has 3 aromatic carbocycles. The molecule has 0 aliphatic heterocycles. The number of nitrogens with zero attached hydrogens (tertiary/aromatic N) is 4. The zero-order valence-corrected chi connectivity index (χ0v) is 26.9. The predicted octanol–water partition coefficient (Wildman–Crippen LogP) is 4.27. The normalized spacial score (nSPS) is 12.0. The van der Waals surface area contributed by atoms with E-state index in [4.69, 9.17) is 26.8 Å². The molecule has 228 valence electrons. The topological polar surface area (TPSA) is 81.9 Å². The molecule has 0 saturated heterocycles. The average molecular weight is 648 g/mol. The van der Waals surface area contributed by atoms with Crippen LogP contribution >= 0.6 is 23.4 Å². The maximum Gasteiger partial charge on any atom is 0.174 e. The largest absolute Gasteiger partial charge is 1.00 e. The number of anilines is 2. The van der Waals surface area contributed by atoms with Crippen molar-refractivity contribution in [3.8, 4) is 5.69 Å². The monoisotopic (exact) mass is 646 g/mol. The van der Waals surface area contributed by atoms with E-state index in [1.54, 1.807) is 24.4 Å². The van der Waals surface area contributed by atoms with Gasteiger partial charge >= 0.3 is 0 Å². The molecule has 0 unspecified atom stereocenters. The Labute approximate surface area is 265 Å². The Bertz CT molecular complexity index is 1710. The molecule has 0 bridgehead atoms. The molecule has 0 aliphatic carbocycles. The van der Waals surface area contributed by atoms with Gasteiger partial charge in [0.2, 0.25) is 0 Å². The Morgan fingerprint density at radius 1 is 1.07 bits per heavy atom. The van der Waals surface area contributed by atoms with Crippen molar-refractivity contribution in [3.63, 3.8) is 0 Å². The van der Waals surface area contributed by atoms with Crippen molar-refractivity contribution in [2.75, 3.05) is 45.3 Å². The van der Waals surface area contributed by atoms with Gasteiger partial charge in [0.05, 0.1) is 51.5 Å². The lowest BCUT2D eigenvalue weighted by Gasteiger charge is -2.27. The molecule has 0 saturated carbocycles. The minimum absolute atomic E-state index is 0. The number of nitrogen functional groups attached to an aromatic ring is 1. The van der Waals surface area contributed by atoms with Crippen molar-refractivity contribution in [2.24, 2.45) is 0 Å². The van der Waals surface area contributed by atoms with Gasteiger partial charge in [-0.1, -0.05) is 48.4 Å². The lowest BCUT2D eigenvalue weighted by atomic mass is 9.81. The minimum Gasteiger partial charge on any atom is -1.00 e. The SMILES string of the molecule is CC(C)(c1ccc2onc(N)c2c1)c1cnc(SCc2c(F)cc(NCC[N+](C)(C)C)cc2Cl)n1-c1ccc(F)cc1.[Cl-]. The second kappa shape index (κ2) is 12.7. The Kier molecular flexibility index (Phi) is 9.66. The fraction of sp³-hybridized carbons (Fsp3) is 0.290. The lowest BCUT2D eigenvalue weighted by molar-refractivity contribution is -0.868. The third-order valence-electron chi connectivity index (χ3n) is 7.27. The molecular weight excluding hydrogens is 613 g/mol. The van der Waals surface area contributed by atoms with Gasteiger partial charge in [-0.3, -0.25) is 4.57 Å². The highest BCUT2D eigenvalue weighted by molar-refractivity contribution is 7.98. The predicted molar refractivity (Wildman–Crippen MR) is 166 cm³/mol. The maximum atomic E-state index is 15.3. The van der Waals surface area contributed by atoms with E-state index >= 15 is 4.39 Å². The molecule has 12 heteroatoms. The molecule has 0 spiro atoms. The summed E-state index contributed by atoms with van der Waals surface area (Å²) in [5.41, 5.74) is 9.66. The minimum atomic E-state index is -0.555. The van der Waals surface area contributed by atoms with Crippen molar-refractivity contribution in [1.82, 2.24) is 14.7 Å². The van der Waals surface area contributed by atoms with Crippen LogP contribution in [0.3, 0.4) is 0 Å². The van der Waals surface area contributed by atoms with E-state index < -0.39 is 5.41 Å². The highest BCUT2D eigenvalue weighted by atomic mass is 35.5. The third-order valence-corrected chi connectivity index (χ3v) is 8.59. The summed E-state index contributed by atoms with van der Waals surface area (Å²) in [4.78, 5) is 4.73. The van der Waals surface area contributed by atoms with Crippen LogP contribution in [0, 0.1) is 11.6 Å². The summed E-state index contributed by atoms with van der Waals surface area (Å²) in [5.74, 6) is -0.154. The summed E-state index contributed by atoms with van der Waals surface area (Å²) in [6.45, 7) is 5.72. The Hall–Kier alpha value is -3.31. The van der Waals surface area contributed by atoms with E-state index in [1.807, 2.05) is 22.8 Å². The number of hydrogen-bond donors (Lipinski definition) is 2. The first-order chi connectivity index (χ1) is 19.8. The zero-order chi connectivity index (χ0) is 30.2. The Morgan fingerprint density at radius 3 is 2.47 bits per heavy atom. The van der Waals surface area contributed by atoms with E-state index in [1.165, 1.54) is 30.0 Å². The standard InChI is InChI=1S/C31H34ClF2N6OS.ClH/c1-31(2,19-6-11-27-23(14-19)29(35)38-41-27)28-17-37-30(39(28)22-9-7-20(33)8-10-22)42-18-24-25(32)15-21(16-26(24)34)36-12-13-40(3,4)5;/h6-11,14-17,36H,12-13,18H2,1-5H3,(H2,35,38);1H/q+1;/p-1. The van der Waals surface area contributed by atoms with Crippen LogP contribution in [0.2, 0.25) is 5.02 Å². The first-order valence-electron chi connectivity index (χ1n) is 13.5. The number of rotatable bonds is 10. The van der Waals surface area contributed by atoms with E-state index in [0.717, 1.165) is 33.4 Å². The highest BCUT2D eigenvalue weighted by Gasteiger charge is 2.30. The van der Waals surface area contributed by atoms with Gasteiger partial charge in [-0.25, -0.2) is 13.8 Å². The van der Waals surface area contributed by atoms with E-state index in [2.05, 4.69) is 45.5 Å². The fourth-order valence-electron chi connectivity index (χ4n) is 4.73. The van der Waals surface area contributed by atoms with Crippen LogP contribution in [-0.2, 0) is 11.2 Å². The van der Waals surface area contributed by atoms with Gasteiger partial charge in [0, 0.05) is 33.1 Å². The van der Waals surface area contributed by atoms with Gasteiger partial charge in [0.1, 0.15) is 11.6 Å². The summed E-state index contributed by atoms with van der Waals surface area (Å²) < 4.78 is 37.2. The molecule has 5 aromatic rings. The van der Waals surface area contributed by atoms with Gasteiger partial charge in [0.15, 0.2) is 16.6 Å². The molecule has 2 aromatic heterocycles. The van der Waals surface area contributed by atoms with Gasteiger partial charge in [-0.15, -0.1) is 0 Å². The summed E-state index contributed by atoms with van der Waals surface area (Å²) in [5, 5.41) is 8.81. The highest BCUT2D eigenvalue weighted by Crippen LogP contribution is 2.39. The molecule has 0 fully saturated rings. The summed E-state index contributed by atoms with van der Waals surface area (Å²) in [6, 6.07) is 15.2. The number of hydrogen-bond acceptors (Lipinski definition) is 6. The van der Waals surface area contributed by atoms with Crippen LogP contribution in [0.25, 0.3) is 16.7 Å².